The van der Waals surface area contributed by atoms with Crippen LogP contribution in [0.5, 0.6) is 0 Å². The molecule has 0 aromatic heterocycles. The van der Waals surface area contributed by atoms with E-state index in [2.05, 4.69) is 17.1 Å². The molecule has 1 N–H and O–H groups in total. The zero-order chi connectivity index (χ0) is 10.3. The van der Waals surface area contributed by atoms with Crippen molar-refractivity contribution in [2.45, 2.75) is 51.1 Å². The average Bonchev–Trinajstić information content (AvgIpc) is 2.90. The lowest BCUT2D eigenvalue weighted by Crippen LogP contribution is -2.56. The summed E-state index contributed by atoms with van der Waals surface area (Å²) in [6.07, 6.45) is 7.44. The Bertz CT molecular complexity index is 229. The van der Waals surface area contributed by atoms with E-state index in [0.29, 0.717) is 0 Å². The van der Waals surface area contributed by atoms with Gasteiger partial charge in [0.25, 0.3) is 0 Å². The third-order valence-corrected chi connectivity index (χ3v) is 4.99. The summed E-state index contributed by atoms with van der Waals surface area (Å²) in [6.45, 7) is 6.08. The van der Waals surface area contributed by atoms with Crippen molar-refractivity contribution in [2.75, 3.05) is 19.6 Å². The van der Waals surface area contributed by atoms with E-state index in [1.807, 2.05) is 0 Å². The van der Waals surface area contributed by atoms with Gasteiger partial charge in [-0.05, 0) is 37.5 Å². The fourth-order valence-electron chi connectivity index (χ4n) is 4.21. The molecule has 2 nitrogen and oxygen atoms in total. The first-order chi connectivity index (χ1) is 7.38. The summed E-state index contributed by atoms with van der Waals surface area (Å²) in [4.78, 5) is 2.85. The Balaban J connectivity index is 1.69. The number of rotatable bonds is 2. The minimum Gasteiger partial charge on any atom is -0.314 e. The van der Waals surface area contributed by atoms with Crippen LogP contribution in [0.2, 0.25) is 0 Å². The topological polar surface area (TPSA) is 15.3 Å². The second kappa shape index (κ2) is 4.06. The van der Waals surface area contributed by atoms with Crippen LogP contribution in [0.1, 0.15) is 39.0 Å². The second-order valence-corrected chi connectivity index (χ2v) is 5.75. The van der Waals surface area contributed by atoms with E-state index in [1.54, 1.807) is 6.42 Å². The van der Waals surface area contributed by atoms with Crippen LogP contribution in [0.3, 0.4) is 0 Å². The molecule has 1 saturated heterocycles. The number of nitrogens with zero attached hydrogens (tertiary/aromatic N) is 1. The minimum atomic E-state index is 0.822. The van der Waals surface area contributed by atoms with Crippen molar-refractivity contribution in [2.24, 2.45) is 11.8 Å². The predicted octanol–water partition coefficient (Wildman–Crippen LogP) is 1.86. The number of piperazine rings is 1. The molecule has 3 rings (SSSR count). The molecule has 15 heavy (non-hydrogen) atoms. The molecular formula is C13H24N2. The Morgan fingerprint density at radius 3 is 2.87 bits per heavy atom. The number of fused-ring (bicyclic) bond motifs is 2. The Morgan fingerprint density at radius 1 is 1.27 bits per heavy atom. The lowest BCUT2D eigenvalue weighted by Gasteiger charge is -2.43. The quantitative estimate of drug-likeness (QED) is 0.745. The fourth-order valence-corrected chi connectivity index (χ4v) is 4.21. The van der Waals surface area contributed by atoms with Gasteiger partial charge in [-0.15, -0.1) is 0 Å². The van der Waals surface area contributed by atoms with E-state index in [9.17, 15) is 0 Å². The molecule has 4 atom stereocenters. The lowest BCUT2D eigenvalue weighted by molar-refractivity contribution is 0.0703. The predicted molar refractivity (Wildman–Crippen MR) is 62.9 cm³/mol. The molecule has 2 heteroatoms. The maximum Gasteiger partial charge on any atom is 0.0221 e. The SMILES string of the molecule is CCC1CNCCN1C1CC2CCC1C2. The molecule has 2 saturated carbocycles. The van der Waals surface area contributed by atoms with Crippen LogP contribution in [-0.4, -0.2) is 36.6 Å². The zero-order valence-electron chi connectivity index (χ0n) is 9.91. The summed E-state index contributed by atoms with van der Waals surface area (Å²) < 4.78 is 0. The summed E-state index contributed by atoms with van der Waals surface area (Å²) in [5.74, 6) is 2.15. The molecule has 2 aliphatic carbocycles. The van der Waals surface area contributed by atoms with Gasteiger partial charge in [-0.3, -0.25) is 4.90 Å². The highest BCUT2D eigenvalue weighted by molar-refractivity contribution is 4.98. The first-order valence-electron chi connectivity index (χ1n) is 6.85. The smallest absolute Gasteiger partial charge is 0.0221 e. The minimum absolute atomic E-state index is 0.822. The Morgan fingerprint density at radius 2 is 2.20 bits per heavy atom. The van der Waals surface area contributed by atoms with Crippen LogP contribution in [0, 0.1) is 11.8 Å². The molecule has 0 amide bonds. The van der Waals surface area contributed by atoms with Crippen LogP contribution >= 0.6 is 0 Å². The molecule has 4 unspecified atom stereocenters. The highest BCUT2D eigenvalue weighted by Crippen LogP contribution is 2.47. The summed E-state index contributed by atoms with van der Waals surface area (Å²) >= 11 is 0. The summed E-state index contributed by atoms with van der Waals surface area (Å²) in [6, 6.07) is 1.78. The average molecular weight is 208 g/mol. The van der Waals surface area contributed by atoms with Gasteiger partial charge in [0.05, 0.1) is 0 Å². The van der Waals surface area contributed by atoms with E-state index in [4.69, 9.17) is 0 Å². The largest absolute Gasteiger partial charge is 0.314 e. The molecule has 1 aliphatic heterocycles. The van der Waals surface area contributed by atoms with Gasteiger partial charge in [-0.2, -0.15) is 0 Å². The van der Waals surface area contributed by atoms with Crippen molar-refractivity contribution in [3.63, 3.8) is 0 Å². The number of hydrogen-bond donors (Lipinski definition) is 1. The Kier molecular flexibility index (Phi) is 2.73. The van der Waals surface area contributed by atoms with Crippen molar-refractivity contribution in [3.05, 3.63) is 0 Å². The van der Waals surface area contributed by atoms with E-state index in [-0.39, 0.29) is 0 Å². The lowest BCUT2D eigenvalue weighted by atomic mass is 9.92. The molecular weight excluding hydrogens is 184 g/mol. The van der Waals surface area contributed by atoms with Crippen molar-refractivity contribution in [1.82, 2.24) is 10.2 Å². The third kappa shape index (κ3) is 1.72. The second-order valence-electron chi connectivity index (χ2n) is 5.75. The molecule has 0 aromatic carbocycles. The van der Waals surface area contributed by atoms with Crippen molar-refractivity contribution >= 4 is 0 Å². The normalized spacial score (nSPS) is 46.2. The number of nitrogens with one attached hydrogen (secondary N) is 1. The van der Waals surface area contributed by atoms with Crippen LogP contribution in [-0.2, 0) is 0 Å². The molecule has 3 aliphatic rings. The maximum absolute atomic E-state index is 3.54. The number of hydrogen-bond acceptors (Lipinski definition) is 2. The van der Waals surface area contributed by atoms with Crippen LogP contribution in [0.15, 0.2) is 0 Å². The Labute approximate surface area is 93.4 Å². The van der Waals surface area contributed by atoms with Gasteiger partial charge >= 0.3 is 0 Å². The van der Waals surface area contributed by atoms with Crippen LogP contribution < -0.4 is 5.32 Å². The van der Waals surface area contributed by atoms with E-state index in [0.717, 1.165) is 23.9 Å². The molecule has 0 radical (unpaired) electrons. The fraction of sp³-hybridized carbons (Fsp3) is 1.00. The van der Waals surface area contributed by atoms with Gasteiger partial charge < -0.3 is 5.32 Å². The first-order valence-corrected chi connectivity index (χ1v) is 6.85. The molecule has 1 heterocycles. The highest BCUT2D eigenvalue weighted by atomic mass is 15.2. The van der Waals surface area contributed by atoms with Gasteiger partial charge in [-0.1, -0.05) is 13.3 Å². The monoisotopic (exact) mass is 208 g/mol. The summed E-state index contributed by atoms with van der Waals surface area (Å²) in [5, 5.41) is 3.54. The third-order valence-electron chi connectivity index (χ3n) is 4.99. The summed E-state index contributed by atoms with van der Waals surface area (Å²) in [7, 11) is 0. The van der Waals surface area contributed by atoms with Crippen molar-refractivity contribution < 1.29 is 0 Å². The van der Waals surface area contributed by atoms with Gasteiger partial charge in [0.15, 0.2) is 0 Å². The standard InChI is InChI=1S/C13H24N2/c1-2-12-9-14-5-6-15(12)13-8-10-3-4-11(13)7-10/h10-14H,2-9H2,1H3. The van der Waals surface area contributed by atoms with E-state index >= 15 is 0 Å². The van der Waals surface area contributed by atoms with Gasteiger partial charge in [0.1, 0.15) is 0 Å². The van der Waals surface area contributed by atoms with Crippen LogP contribution in [0.25, 0.3) is 0 Å². The highest BCUT2D eigenvalue weighted by Gasteiger charge is 2.43. The Hall–Kier alpha value is -0.0800. The first kappa shape index (κ1) is 10.1. The van der Waals surface area contributed by atoms with Crippen LogP contribution in [0.4, 0.5) is 0 Å². The molecule has 86 valence electrons. The summed E-state index contributed by atoms with van der Waals surface area (Å²) in [5.41, 5.74) is 0. The van der Waals surface area contributed by atoms with Gasteiger partial charge in [-0.25, -0.2) is 0 Å². The zero-order valence-corrected chi connectivity index (χ0v) is 9.91. The molecule has 0 aromatic rings. The molecule has 0 spiro atoms. The van der Waals surface area contributed by atoms with Crippen molar-refractivity contribution in [3.8, 4) is 0 Å². The van der Waals surface area contributed by atoms with E-state index in [1.165, 1.54) is 45.3 Å². The van der Waals surface area contributed by atoms with E-state index < -0.39 is 0 Å². The molecule has 3 fully saturated rings. The molecule has 2 bridgehead atoms. The maximum atomic E-state index is 3.54. The van der Waals surface area contributed by atoms with Crippen molar-refractivity contribution in [1.29, 1.82) is 0 Å². The van der Waals surface area contributed by atoms with Gasteiger partial charge in [0, 0.05) is 31.7 Å². The van der Waals surface area contributed by atoms with Gasteiger partial charge in [0.2, 0.25) is 0 Å².